The fourth-order valence-electron chi connectivity index (χ4n) is 2.05. The summed E-state index contributed by atoms with van der Waals surface area (Å²) < 4.78 is 5.41. The molecule has 80 valence electrons. The van der Waals surface area contributed by atoms with E-state index in [1.807, 2.05) is 6.92 Å². The van der Waals surface area contributed by atoms with E-state index in [1.54, 1.807) is 0 Å². The molecule has 1 atom stereocenters. The van der Waals surface area contributed by atoms with Crippen molar-refractivity contribution in [1.29, 1.82) is 0 Å². The van der Waals surface area contributed by atoms with E-state index in [2.05, 4.69) is 4.90 Å². The molecule has 0 bridgehead atoms. The van der Waals surface area contributed by atoms with Crippen LogP contribution in [-0.2, 0) is 9.53 Å². The van der Waals surface area contributed by atoms with Crippen molar-refractivity contribution in [1.82, 2.24) is 4.90 Å². The van der Waals surface area contributed by atoms with Crippen LogP contribution in [0.15, 0.2) is 0 Å². The molecule has 1 heterocycles. The molecule has 1 aliphatic carbocycles. The normalized spacial score (nSPS) is 31.4. The van der Waals surface area contributed by atoms with Gasteiger partial charge in [0.05, 0.1) is 18.1 Å². The van der Waals surface area contributed by atoms with E-state index >= 15 is 0 Å². The zero-order valence-electron chi connectivity index (χ0n) is 8.53. The van der Waals surface area contributed by atoms with Crippen molar-refractivity contribution in [3.05, 3.63) is 0 Å². The minimum absolute atomic E-state index is 0.244. The Bertz CT molecular complexity index is 238. The third kappa shape index (κ3) is 1.91. The van der Waals surface area contributed by atoms with Gasteiger partial charge in [0.25, 0.3) is 0 Å². The summed E-state index contributed by atoms with van der Waals surface area (Å²) in [7, 11) is 0. The van der Waals surface area contributed by atoms with Gasteiger partial charge in [-0.15, -0.1) is 0 Å². The van der Waals surface area contributed by atoms with Gasteiger partial charge in [-0.3, -0.25) is 9.69 Å². The molecule has 0 aromatic heterocycles. The maximum absolute atomic E-state index is 11.0. The first-order valence-corrected chi connectivity index (χ1v) is 5.20. The third-order valence-corrected chi connectivity index (χ3v) is 3.16. The van der Waals surface area contributed by atoms with Gasteiger partial charge in [0.15, 0.2) is 0 Å². The van der Waals surface area contributed by atoms with Crippen LogP contribution in [0.2, 0.25) is 0 Å². The standard InChI is InChI=1S/C10H17NO3/c1-8-6-11(4-5-14-8)7-10(2-3-10)9(12)13/h8H,2-7H2,1H3,(H,12,13). The minimum atomic E-state index is -0.628. The van der Waals surface area contributed by atoms with E-state index in [1.165, 1.54) is 0 Å². The number of aliphatic carboxylic acids is 1. The Morgan fingerprint density at radius 1 is 1.64 bits per heavy atom. The van der Waals surface area contributed by atoms with E-state index in [0.29, 0.717) is 6.54 Å². The number of hydrogen-bond donors (Lipinski definition) is 1. The van der Waals surface area contributed by atoms with Gasteiger partial charge in [0.1, 0.15) is 0 Å². The zero-order valence-corrected chi connectivity index (χ0v) is 8.53. The van der Waals surface area contributed by atoms with Gasteiger partial charge in [-0.2, -0.15) is 0 Å². The second-order valence-electron chi connectivity index (χ2n) is 4.50. The number of nitrogens with zero attached hydrogens (tertiary/aromatic N) is 1. The summed E-state index contributed by atoms with van der Waals surface area (Å²) in [5, 5.41) is 9.04. The van der Waals surface area contributed by atoms with Crippen LogP contribution in [0.1, 0.15) is 19.8 Å². The van der Waals surface area contributed by atoms with Gasteiger partial charge in [0.2, 0.25) is 0 Å². The zero-order chi connectivity index (χ0) is 10.2. The molecular formula is C10H17NO3. The lowest BCUT2D eigenvalue weighted by atomic mass is 10.1. The lowest BCUT2D eigenvalue weighted by molar-refractivity contribution is -0.145. The molecule has 1 aliphatic heterocycles. The van der Waals surface area contributed by atoms with Crippen LogP contribution in [0.5, 0.6) is 0 Å². The molecule has 2 rings (SSSR count). The van der Waals surface area contributed by atoms with Crippen molar-refractivity contribution in [3.8, 4) is 0 Å². The van der Waals surface area contributed by atoms with Crippen molar-refractivity contribution in [3.63, 3.8) is 0 Å². The van der Waals surface area contributed by atoms with Crippen molar-refractivity contribution < 1.29 is 14.6 Å². The molecule has 0 spiro atoms. The van der Waals surface area contributed by atoms with E-state index in [9.17, 15) is 4.79 Å². The Morgan fingerprint density at radius 2 is 2.36 bits per heavy atom. The molecule has 2 aliphatic rings. The van der Waals surface area contributed by atoms with Crippen LogP contribution in [0.3, 0.4) is 0 Å². The predicted octanol–water partition coefficient (Wildman–Crippen LogP) is 0.572. The fourth-order valence-corrected chi connectivity index (χ4v) is 2.05. The number of morpholine rings is 1. The lowest BCUT2D eigenvalue weighted by Crippen LogP contribution is -2.45. The summed E-state index contributed by atoms with van der Waals surface area (Å²) >= 11 is 0. The number of carbonyl (C=O) groups is 1. The summed E-state index contributed by atoms with van der Waals surface area (Å²) in [6.07, 6.45) is 1.93. The molecule has 1 saturated heterocycles. The van der Waals surface area contributed by atoms with Gasteiger partial charge >= 0.3 is 5.97 Å². The molecule has 0 aromatic carbocycles. The summed E-state index contributed by atoms with van der Waals surface area (Å²) in [4.78, 5) is 13.2. The van der Waals surface area contributed by atoms with Crippen molar-refractivity contribution >= 4 is 5.97 Å². The topological polar surface area (TPSA) is 49.8 Å². The largest absolute Gasteiger partial charge is 0.481 e. The second kappa shape index (κ2) is 3.51. The number of carboxylic acids is 1. The first-order chi connectivity index (χ1) is 6.62. The maximum Gasteiger partial charge on any atom is 0.310 e. The third-order valence-electron chi connectivity index (χ3n) is 3.16. The SMILES string of the molecule is CC1CN(CC2(C(=O)O)CC2)CCO1. The Hall–Kier alpha value is -0.610. The maximum atomic E-state index is 11.0. The molecule has 2 fully saturated rings. The highest BCUT2D eigenvalue weighted by Gasteiger charge is 2.51. The molecule has 0 aromatic rings. The second-order valence-corrected chi connectivity index (χ2v) is 4.50. The van der Waals surface area contributed by atoms with Gasteiger partial charge in [-0.05, 0) is 19.8 Å². The molecule has 4 heteroatoms. The molecule has 1 N–H and O–H groups in total. The highest BCUT2D eigenvalue weighted by Crippen LogP contribution is 2.46. The number of ether oxygens (including phenoxy) is 1. The Morgan fingerprint density at radius 3 is 2.86 bits per heavy atom. The summed E-state index contributed by atoms with van der Waals surface area (Å²) in [6, 6.07) is 0. The molecule has 1 unspecified atom stereocenters. The van der Waals surface area contributed by atoms with E-state index in [0.717, 1.165) is 32.5 Å². The first kappa shape index (κ1) is 9.93. The quantitative estimate of drug-likeness (QED) is 0.722. The van der Waals surface area contributed by atoms with E-state index in [-0.39, 0.29) is 6.10 Å². The van der Waals surface area contributed by atoms with Crippen molar-refractivity contribution in [2.45, 2.75) is 25.9 Å². The highest BCUT2D eigenvalue weighted by molar-refractivity contribution is 5.78. The summed E-state index contributed by atoms with van der Waals surface area (Å²) in [5.41, 5.74) is -0.420. The molecule has 0 radical (unpaired) electrons. The lowest BCUT2D eigenvalue weighted by Gasteiger charge is -2.32. The Kier molecular flexibility index (Phi) is 2.49. The van der Waals surface area contributed by atoms with Crippen LogP contribution in [0, 0.1) is 5.41 Å². The highest BCUT2D eigenvalue weighted by atomic mass is 16.5. The average molecular weight is 199 g/mol. The Labute approximate surface area is 83.8 Å². The average Bonchev–Trinajstić information content (AvgIpc) is 2.85. The Balaban J connectivity index is 1.88. The molecule has 0 amide bonds. The van der Waals surface area contributed by atoms with Crippen LogP contribution in [0.25, 0.3) is 0 Å². The van der Waals surface area contributed by atoms with Crippen LogP contribution in [0.4, 0.5) is 0 Å². The number of rotatable bonds is 3. The monoisotopic (exact) mass is 199 g/mol. The molecule has 1 saturated carbocycles. The smallest absolute Gasteiger partial charge is 0.310 e. The van der Waals surface area contributed by atoms with Gasteiger partial charge < -0.3 is 9.84 Å². The van der Waals surface area contributed by atoms with Gasteiger partial charge in [-0.25, -0.2) is 0 Å². The van der Waals surface area contributed by atoms with Crippen LogP contribution < -0.4 is 0 Å². The van der Waals surface area contributed by atoms with Gasteiger partial charge in [0, 0.05) is 19.6 Å². The van der Waals surface area contributed by atoms with Crippen molar-refractivity contribution in [2.75, 3.05) is 26.2 Å². The number of carboxylic acid groups (broad SMARTS) is 1. The van der Waals surface area contributed by atoms with E-state index < -0.39 is 11.4 Å². The predicted molar refractivity (Wildman–Crippen MR) is 51.2 cm³/mol. The number of hydrogen-bond acceptors (Lipinski definition) is 3. The van der Waals surface area contributed by atoms with E-state index in [4.69, 9.17) is 9.84 Å². The van der Waals surface area contributed by atoms with Crippen LogP contribution >= 0.6 is 0 Å². The molecule has 14 heavy (non-hydrogen) atoms. The summed E-state index contributed by atoms with van der Waals surface area (Å²) in [5.74, 6) is -0.628. The fraction of sp³-hybridized carbons (Fsp3) is 0.900. The van der Waals surface area contributed by atoms with Crippen molar-refractivity contribution in [2.24, 2.45) is 5.41 Å². The minimum Gasteiger partial charge on any atom is -0.481 e. The molecular weight excluding hydrogens is 182 g/mol. The molecule has 4 nitrogen and oxygen atoms in total. The van der Waals surface area contributed by atoms with Crippen LogP contribution in [-0.4, -0.2) is 48.3 Å². The summed E-state index contributed by atoms with van der Waals surface area (Å²) in [6.45, 7) is 5.22. The first-order valence-electron chi connectivity index (χ1n) is 5.20. The van der Waals surface area contributed by atoms with Gasteiger partial charge in [-0.1, -0.05) is 0 Å².